The molecule has 0 bridgehead atoms. The van der Waals surface area contributed by atoms with Crippen molar-refractivity contribution in [2.75, 3.05) is 25.0 Å². The van der Waals surface area contributed by atoms with Crippen molar-refractivity contribution in [2.45, 2.75) is 12.8 Å². The Hall–Kier alpha value is -2.44. The van der Waals surface area contributed by atoms with Crippen molar-refractivity contribution in [3.8, 4) is 0 Å². The van der Waals surface area contributed by atoms with Gasteiger partial charge in [-0.25, -0.2) is 0 Å². The lowest BCUT2D eigenvalue weighted by atomic mass is 10.4. The molecule has 0 atom stereocenters. The minimum Gasteiger partial charge on any atom is -0.345 e. The quantitative estimate of drug-likeness (QED) is 0.776. The molecule has 3 amide bonds. The van der Waals surface area contributed by atoms with E-state index >= 15 is 0 Å². The number of aromatic nitrogens is 1. The van der Waals surface area contributed by atoms with Crippen molar-refractivity contribution in [1.29, 1.82) is 0 Å². The summed E-state index contributed by atoms with van der Waals surface area (Å²) in [6, 6.07) is 3.31. The number of nitrogens with one attached hydrogen (secondary N) is 2. The van der Waals surface area contributed by atoms with E-state index in [9.17, 15) is 14.4 Å². The van der Waals surface area contributed by atoms with Crippen LogP contribution in [-0.4, -0.2) is 47.2 Å². The van der Waals surface area contributed by atoms with Gasteiger partial charge in [-0.15, -0.1) is 0 Å². The largest absolute Gasteiger partial charge is 0.345 e. The zero-order chi connectivity index (χ0) is 14.4. The highest BCUT2D eigenvalue weighted by Crippen LogP contribution is 2.08. The summed E-state index contributed by atoms with van der Waals surface area (Å²) in [6.07, 6.45) is 4.41. The van der Waals surface area contributed by atoms with Gasteiger partial charge in [0.1, 0.15) is 0 Å². The maximum absolute atomic E-state index is 11.6. The van der Waals surface area contributed by atoms with Crippen LogP contribution in [0.4, 0.5) is 5.69 Å². The predicted octanol–water partition coefficient (Wildman–Crippen LogP) is -0.241. The first kappa shape index (κ1) is 14.0. The van der Waals surface area contributed by atoms with Gasteiger partial charge < -0.3 is 15.5 Å². The molecular formula is C13H16N4O3. The average molecular weight is 276 g/mol. The van der Waals surface area contributed by atoms with Crippen molar-refractivity contribution < 1.29 is 14.4 Å². The molecule has 2 N–H and O–H groups in total. The number of hydrogen-bond donors (Lipinski definition) is 2. The van der Waals surface area contributed by atoms with Crippen molar-refractivity contribution in [2.24, 2.45) is 0 Å². The number of pyridine rings is 1. The van der Waals surface area contributed by atoms with E-state index in [2.05, 4.69) is 15.6 Å². The van der Waals surface area contributed by atoms with Crippen LogP contribution in [0, 0.1) is 0 Å². The van der Waals surface area contributed by atoms with Gasteiger partial charge in [-0.2, -0.15) is 0 Å². The van der Waals surface area contributed by atoms with Crippen LogP contribution < -0.4 is 10.6 Å². The minimum atomic E-state index is -0.329. The van der Waals surface area contributed by atoms with Crippen LogP contribution in [0.2, 0.25) is 0 Å². The Balaban J connectivity index is 1.70. The van der Waals surface area contributed by atoms with E-state index < -0.39 is 0 Å². The molecular weight excluding hydrogens is 260 g/mol. The van der Waals surface area contributed by atoms with Gasteiger partial charge in [0.25, 0.3) is 0 Å². The van der Waals surface area contributed by atoms with Gasteiger partial charge in [0.05, 0.1) is 13.1 Å². The van der Waals surface area contributed by atoms with E-state index in [1.165, 1.54) is 4.90 Å². The monoisotopic (exact) mass is 276 g/mol. The highest BCUT2D eigenvalue weighted by atomic mass is 16.2. The zero-order valence-corrected chi connectivity index (χ0v) is 11.0. The number of anilines is 1. The molecule has 1 aliphatic rings. The lowest BCUT2D eigenvalue weighted by Crippen LogP contribution is -2.40. The Morgan fingerprint density at radius 3 is 2.65 bits per heavy atom. The molecule has 2 rings (SSSR count). The molecule has 0 unspecified atom stereocenters. The molecule has 1 aliphatic heterocycles. The summed E-state index contributed by atoms with van der Waals surface area (Å²) >= 11 is 0. The molecule has 0 radical (unpaired) electrons. The van der Waals surface area contributed by atoms with Crippen molar-refractivity contribution in [3.63, 3.8) is 0 Å². The second-order valence-corrected chi connectivity index (χ2v) is 4.48. The molecule has 20 heavy (non-hydrogen) atoms. The first-order chi connectivity index (χ1) is 9.65. The van der Waals surface area contributed by atoms with Crippen molar-refractivity contribution in [3.05, 3.63) is 24.5 Å². The third kappa shape index (κ3) is 4.04. The fourth-order valence-electron chi connectivity index (χ4n) is 1.92. The summed E-state index contributed by atoms with van der Waals surface area (Å²) in [7, 11) is 0. The number of nitrogens with zero attached hydrogens (tertiary/aromatic N) is 2. The standard InChI is InChI=1S/C13H16N4O3/c18-11(16-10-3-5-14-6-4-10)8-15-12(19)9-17-7-1-2-13(17)20/h3-6H,1-2,7-9H2,(H,15,19)(H,14,16,18). The molecule has 1 saturated heterocycles. The summed E-state index contributed by atoms with van der Waals surface area (Å²) in [4.78, 5) is 39.9. The number of hydrogen-bond acceptors (Lipinski definition) is 4. The van der Waals surface area contributed by atoms with Crippen LogP contribution in [0.3, 0.4) is 0 Å². The van der Waals surface area contributed by atoms with Crippen LogP contribution >= 0.6 is 0 Å². The Morgan fingerprint density at radius 1 is 1.25 bits per heavy atom. The first-order valence-electron chi connectivity index (χ1n) is 6.39. The Labute approximate surface area is 116 Å². The van der Waals surface area contributed by atoms with Gasteiger partial charge in [-0.3, -0.25) is 19.4 Å². The van der Waals surface area contributed by atoms with E-state index in [0.717, 1.165) is 6.42 Å². The fraction of sp³-hybridized carbons (Fsp3) is 0.385. The highest BCUT2D eigenvalue weighted by molar-refractivity contribution is 5.95. The predicted molar refractivity (Wildman–Crippen MR) is 71.7 cm³/mol. The Kier molecular flexibility index (Phi) is 4.65. The molecule has 7 nitrogen and oxygen atoms in total. The molecule has 1 aromatic heterocycles. The van der Waals surface area contributed by atoms with E-state index in [4.69, 9.17) is 0 Å². The minimum absolute atomic E-state index is 0.0126. The lowest BCUT2D eigenvalue weighted by Gasteiger charge is -2.14. The molecule has 0 saturated carbocycles. The van der Waals surface area contributed by atoms with Gasteiger partial charge in [-0.05, 0) is 18.6 Å². The van der Waals surface area contributed by atoms with E-state index in [1.807, 2.05) is 0 Å². The second-order valence-electron chi connectivity index (χ2n) is 4.48. The number of likely N-dealkylation sites (tertiary alicyclic amines) is 1. The molecule has 2 heterocycles. The lowest BCUT2D eigenvalue weighted by molar-refractivity contribution is -0.133. The van der Waals surface area contributed by atoms with Crippen molar-refractivity contribution >= 4 is 23.4 Å². The Morgan fingerprint density at radius 2 is 2.00 bits per heavy atom. The topological polar surface area (TPSA) is 91.4 Å². The summed E-state index contributed by atoms with van der Waals surface area (Å²) < 4.78 is 0. The van der Waals surface area contributed by atoms with Crippen LogP contribution in [0.1, 0.15) is 12.8 Å². The summed E-state index contributed by atoms with van der Waals surface area (Å²) in [5, 5.41) is 5.12. The normalized spacial score (nSPS) is 14.2. The van der Waals surface area contributed by atoms with E-state index in [-0.39, 0.29) is 30.8 Å². The number of carbonyl (C=O) groups excluding carboxylic acids is 3. The third-order valence-corrected chi connectivity index (χ3v) is 2.92. The van der Waals surface area contributed by atoms with Crippen LogP contribution in [0.15, 0.2) is 24.5 Å². The molecule has 1 aromatic rings. The van der Waals surface area contributed by atoms with E-state index in [1.54, 1.807) is 24.5 Å². The van der Waals surface area contributed by atoms with E-state index in [0.29, 0.717) is 18.7 Å². The summed E-state index contributed by atoms with van der Waals surface area (Å²) in [6.45, 7) is 0.500. The molecule has 0 aromatic carbocycles. The zero-order valence-electron chi connectivity index (χ0n) is 11.0. The molecule has 1 fully saturated rings. The van der Waals surface area contributed by atoms with Gasteiger partial charge >= 0.3 is 0 Å². The smallest absolute Gasteiger partial charge is 0.243 e. The van der Waals surface area contributed by atoms with Gasteiger partial charge in [0, 0.05) is 31.0 Å². The highest BCUT2D eigenvalue weighted by Gasteiger charge is 2.22. The van der Waals surface area contributed by atoms with Crippen LogP contribution in [0.25, 0.3) is 0 Å². The van der Waals surface area contributed by atoms with Gasteiger partial charge in [0.2, 0.25) is 17.7 Å². The first-order valence-corrected chi connectivity index (χ1v) is 6.39. The molecule has 7 heteroatoms. The summed E-state index contributed by atoms with van der Waals surface area (Å²) in [5.41, 5.74) is 0.619. The summed E-state index contributed by atoms with van der Waals surface area (Å²) in [5.74, 6) is -0.663. The number of carbonyl (C=O) groups is 3. The van der Waals surface area contributed by atoms with Gasteiger partial charge in [-0.1, -0.05) is 0 Å². The maximum Gasteiger partial charge on any atom is 0.243 e. The second kappa shape index (κ2) is 6.65. The average Bonchev–Trinajstić information content (AvgIpc) is 2.83. The molecule has 0 spiro atoms. The van der Waals surface area contributed by atoms with Crippen LogP contribution in [-0.2, 0) is 14.4 Å². The van der Waals surface area contributed by atoms with Crippen molar-refractivity contribution in [1.82, 2.24) is 15.2 Å². The molecule has 0 aliphatic carbocycles. The number of amides is 3. The van der Waals surface area contributed by atoms with Crippen LogP contribution in [0.5, 0.6) is 0 Å². The third-order valence-electron chi connectivity index (χ3n) is 2.92. The molecule has 106 valence electrons. The number of rotatable bonds is 5. The SMILES string of the molecule is O=C(CN1CCCC1=O)NCC(=O)Nc1ccncc1. The fourth-order valence-corrected chi connectivity index (χ4v) is 1.92. The van der Waals surface area contributed by atoms with Gasteiger partial charge in [0.15, 0.2) is 0 Å². The Bertz CT molecular complexity index is 504. The maximum atomic E-state index is 11.6.